The molecular formula is C22H25N3O5S. The van der Waals surface area contributed by atoms with Gasteiger partial charge < -0.3 is 5.32 Å². The maximum absolute atomic E-state index is 13.2. The molecule has 0 unspecified atom stereocenters. The fourth-order valence-corrected chi connectivity index (χ4v) is 5.24. The number of nitrogens with zero attached hydrogens (tertiary/aromatic N) is 2. The van der Waals surface area contributed by atoms with E-state index in [1.54, 1.807) is 31.3 Å². The van der Waals surface area contributed by atoms with Crippen LogP contribution in [-0.2, 0) is 14.8 Å². The van der Waals surface area contributed by atoms with Gasteiger partial charge in [-0.15, -0.1) is 0 Å². The molecular weight excluding hydrogens is 418 g/mol. The van der Waals surface area contributed by atoms with Crippen molar-refractivity contribution in [1.82, 2.24) is 4.31 Å². The number of sulfonamides is 1. The highest BCUT2D eigenvalue weighted by Crippen LogP contribution is 2.29. The van der Waals surface area contributed by atoms with E-state index in [2.05, 4.69) is 5.32 Å². The van der Waals surface area contributed by atoms with E-state index in [9.17, 15) is 23.3 Å². The maximum atomic E-state index is 13.2. The maximum Gasteiger partial charge on any atom is 0.270 e. The summed E-state index contributed by atoms with van der Waals surface area (Å²) < 4.78 is 27.8. The molecule has 1 aliphatic carbocycles. The molecule has 0 aromatic heterocycles. The van der Waals surface area contributed by atoms with Gasteiger partial charge in [-0.05, 0) is 36.6 Å². The monoisotopic (exact) mass is 443 g/mol. The van der Waals surface area contributed by atoms with Crippen LogP contribution in [0.25, 0.3) is 6.08 Å². The zero-order valence-corrected chi connectivity index (χ0v) is 18.0. The van der Waals surface area contributed by atoms with E-state index in [0.717, 1.165) is 32.1 Å². The summed E-state index contributed by atoms with van der Waals surface area (Å²) in [4.78, 5) is 22.8. The van der Waals surface area contributed by atoms with Crippen molar-refractivity contribution in [2.45, 2.75) is 43.0 Å². The third-order valence-electron chi connectivity index (χ3n) is 5.40. The van der Waals surface area contributed by atoms with Gasteiger partial charge in [-0.3, -0.25) is 14.9 Å². The number of carbonyl (C=O) groups excluding carboxylic acids is 1. The number of nitro benzene ring substituents is 1. The van der Waals surface area contributed by atoms with E-state index in [4.69, 9.17) is 0 Å². The molecule has 0 radical (unpaired) electrons. The summed E-state index contributed by atoms with van der Waals surface area (Å²) >= 11 is 0. The van der Waals surface area contributed by atoms with E-state index in [-0.39, 0.29) is 22.3 Å². The molecule has 31 heavy (non-hydrogen) atoms. The standard InChI is InChI=1S/C22H25N3O5S/c1-24(18-9-3-2-4-10-18)31(29,30)21-13-6-5-12-20(21)23-22(26)15-14-17-8-7-11-19(16-17)25(27)28/h5-8,11-16,18H,2-4,9-10H2,1H3,(H,23,26)/b15-14+. The summed E-state index contributed by atoms with van der Waals surface area (Å²) in [7, 11) is -2.19. The van der Waals surface area contributed by atoms with Crippen LogP contribution in [0.15, 0.2) is 59.5 Å². The van der Waals surface area contributed by atoms with Crippen molar-refractivity contribution in [3.8, 4) is 0 Å². The topological polar surface area (TPSA) is 110 Å². The van der Waals surface area contributed by atoms with Gasteiger partial charge in [0.25, 0.3) is 5.69 Å². The van der Waals surface area contributed by atoms with E-state index in [0.29, 0.717) is 5.56 Å². The van der Waals surface area contributed by atoms with Gasteiger partial charge in [0.15, 0.2) is 0 Å². The largest absolute Gasteiger partial charge is 0.321 e. The minimum absolute atomic E-state index is 0.0418. The number of nitro groups is 1. The molecule has 0 bridgehead atoms. The Morgan fingerprint density at radius 1 is 1.13 bits per heavy atom. The van der Waals surface area contributed by atoms with Gasteiger partial charge in [0.1, 0.15) is 4.90 Å². The quantitative estimate of drug-likeness (QED) is 0.392. The second-order valence-electron chi connectivity index (χ2n) is 7.48. The Morgan fingerprint density at radius 3 is 2.55 bits per heavy atom. The van der Waals surface area contributed by atoms with Crippen LogP contribution in [0.1, 0.15) is 37.7 Å². The number of hydrogen-bond acceptors (Lipinski definition) is 5. The number of nitrogens with one attached hydrogen (secondary N) is 1. The fraction of sp³-hybridized carbons (Fsp3) is 0.318. The first-order chi connectivity index (χ1) is 14.8. The number of para-hydroxylation sites is 1. The number of carbonyl (C=O) groups is 1. The van der Waals surface area contributed by atoms with E-state index in [1.807, 2.05) is 0 Å². The average Bonchev–Trinajstić information content (AvgIpc) is 2.78. The minimum atomic E-state index is -3.78. The van der Waals surface area contributed by atoms with Gasteiger partial charge in [0, 0.05) is 31.3 Å². The van der Waals surface area contributed by atoms with Crippen molar-refractivity contribution < 1.29 is 18.1 Å². The zero-order chi connectivity index (χ0) is 22.4. The Morgan fingerprint density at radius 2 is 1.84 bits per heavy atom. The van der Waals surface area contributed by atoms with Crippen LogP contribution in [0.2, 0.25) is 0 Å². The molecule has 1 amide bonds. The molecule has 3 rings (SSSR count). The summed E-state index contributed by atoms with van der Waals surface area (Å²) in [6.45, 7) is 0. The van der Waals surface area contributed by atoms with E-state index in [1.165, 1.54) is 40.7 Å². The molecule has 0 heterocycles. The smallest absolute Gasteiger partial charge is 0.270 e. The number of non-ortho nitro benzene ring substituents is 1. The normalized spacial score (nSPS) is 15.3. The van der Waals surface area contributed by atoms with E-state index < -0.39 is 20.9 Å². The van der Waals surface area contributed by atoms with Crippen molar-refractivity contribution in [3.05, 3.63) is 70.3 Å². The molecule has 8 nitrogen and oxygen atoms in total. The summed E-state index contributed by atoms with van der Waals surface area (Å²) in [5, 5.41) is 13.5. The van der Waals surface area contributed by atoms with Gasteiger partial charge in [0.05, 0.1) is 10.6 Å². The Bertz CT molecular complexity index is 1090. The fourth-order valence-electron chi connectivity index (χ4n) is 3.68. The van der Waals surface area contributed by atoms with Crippen molar-refractivity contribution >= 4 is 33.4 Å². The summed E-state index contributed by atoms with van der Waals surface area (Å²) in [5.41, 5.74) is 0.603. The highest BCUT2D eigenvalue weighted by molar-refractivity contribution is 7.89. The van der Waals surface area contributed by atoms with Gasteiger partial charge in [-0.25, -0.2) is 8.42 Å². The first-order valence-electron chi connectivity index (χ1n) is 10.1. The second-order valence-corrected chi connectivity index (χ2v) is 9.45. The van der Waals surface area contributed by atoms with Crippen molar-refractivity contribution in [3.63, 3.8) is 0 Å². The number of hydrogen-bond donors (Lipinski definition) is 1. The van der Waals surface area contributed by atoms with Gasteiger partial charge >= 0.3 is 0 Å². The average molecular weight is 444 g/mol. The molecule has 1 N–H and O–H groups in total. The second kappa shape index (κ2) is 9.84. The van der Waals surface area contributed by atoms with Crippen LogP contribution in [0.4, 0.5) is 11.4 Å². The first kappa shape index (κ1) is 22.6. The molecule has 1 aliphatic rings. The van der Waals surface area contributed by atoms with Crippen LogP contribution in [0.5, 0.6) is 0 Å². The Kier molecular flexibility index (Phi) is 7.19. The lowest BCUT2D eigenvalue weighted by atomic mass is 9.96. The minimum Gasteiger partial charge on any atom is -0.321 e. The first-order valence-corrected chi connectivity index (χ1v) is 11.5. The van der Waals surface area contributed by atoms with Gasteiger partial charge in [0.2, 0.25) is 15.9 Å². The van der Waals surface area contributed by atoms with Crippen LogP contribution in [0, 0.1) is 10.1 Å². The van der Waals surface area contributed by atoms with Crippen LogP contribution in [0.3, 0.4) is 0 Å². The molecule has 1 saturated carbocycles. The molecule has 0 aliphatic heterocycles. The predicted octanol–water partition coefficient (Wildman–Crippen LogP) is 4.20. The zero-order valence-electron chi connectivity index (χ0n) is 17.2. The molecule has 164 valence electrons. The SMILES string of the molecule is CN(C1CCCCC1)S(=O)(=O)c1ccccc1NC(=O)/C=C/c1cccc([N+](=O)[O-])c1. The molecule has 0 atom stereocenters. The molecule has 0 spiro atoms. The van der Waals surface area contributed by atoms with Gasteiger partial charge in [-0.1, -0.05) is 43.5 Å². The highest BCUT2D eigenvalue weighted by Gasteiger charge is 2.30. The van der Waals surface area contributed by atoms with E-state index >= 15 is 0 Å². The van der Waals surface area contributed by atoms with Crippen molar-refractivity contribution in [2.75, 3.05) is 12.4 Å². The number of rotatable bonds is 7. The Labute approximate surface area is 181 Å². The molecule has 2 aromatic rings. The van der Waals surface area contributed by atoms with Crippen molar-refractivity contribution in [1.29, 1.82) is 0 Å². The lowest BCUT2D eigenvalue weighted by molar-refractivity contribution is -0.384. The molecule has 2 aromatic carbocycles. The number of anilines is 1. The Hall–Kier alpha value is -3.04. The third kappa shape index (κ3) is 5.56. The lowest BCUT2D eigenvalue weighted by Gasteiger charge is -2.30. The molecule has 9 heteroatoms. The van der Waals surface area contributed by atoms with Crippen molar-refractivity contribution in [2.24, 2.45) is 0 Å². The molecule has 1 fully saturated rings. The van der Waals surface area contributed by atoms with Gasteiger partial charge in [-0.2, -0.15) is 4.31 Å². The summed E-state index contributed by atoms with van der Waals surface area (Å²) in [6, 6.07) is 12.1. The highest BCUT2D eigenvalue weighted by atomic mass is 32.2. The van der Waals surface area contributed by atoms with Crippen LogP contribution >= 0.6 is 0 Å². The van der Waals surface area contributed by atoms with Crippen LogP contribution < -0.4 is 5.32 Å². The molecule has 0 saturated heterocycles. The predicted molar refractivity (Wildman–Crippen MR) is 119 cm³/mol. The summed E-state index contributed by atoms with van der Waals surface area (Å²) in [5.74, 6) is -0.533. The lowest BCUT2D eigenvalue weighted by Crippen LogP contribution is -2.38. The number of benzene rings is 2. The Balaban J connectivity index is 1.77. The third-order valence-corrected chi connectivity index (χ3v) is 7.37. The van der Waals surface area contributed by atoms with Crippen LogP contribution in [-0.4, -0.2) is 36.6 Å². The number of amides is 1. The summed E-state index contributed by atoms with van der Waals surface area (Å²) in [6.07, 6.45) is 7.44.